The molecule has 1 saturated carbocycles. The minimum atomic E-state index is -2.52. The molecule has 0 saturated heterocycles. The highest BCUT2D eigenvalue weighted by Crippen LogP contribution is 2.46. The molecule has 1 rings (SSSR count). The van der Waals surface area contributed by atoms with E-state index in [1.807, 2.05) is 0 Å². The largest absolute Gasteiger partial charge is 0.384 e. The van der Waals surface area contributed by atoms with Crippen LogP contribution < -0.4 is 0 Å². The first-order chi connectivity index (χ1) is 5.97. The molecule has 0 atom stereocenters. The normalized spacial score (nSPS) is 21.2. The number of hydrogen-bond donors (Lipinski definition) is 0. The van der Waals surface area contributed by atoms with Crippen LogP contribution in [0.5, 0.6) is 0 Å². The van der Waals surface area contributed by atoms with Crippen LogP contribution in [0.2, 0.25) is 0 Å². The smallest absolute Gasteiger partial charge is 0.245 e. The van der Waals surface area contributed by atoms with Gasteiger partial charge in [0.25, 0.3) is 0 Å². The monoisotopic (exact) mass is 192 g/mol. The lowest BCUT2D eigenvalue weighted by atomic mass is 9.66. The molecule has 1 aliphatic carbocycles. The van der Waals surface area contributed by atoms with Gasteiger partial charge in [0.1, 0.15) is 0 Å². The number of halogens is 2. The maximum Gasteiger partial charge on any atom is 0.245 e. The van der Waals surface area contributed by atoms with Gasteiger partial charge in [-0.25, -0.2) is 8.78 Å². The zero-order valence-electron chi connectivity index (χ0n) is 8.41. The molecule has 0 N–H and O–H groups in total. The summed E-state index contributed by atoms with van der Waals surface area (Å²) in [5.74, 6) is -2.52. The quantitative estimate of drug-likeness (QED) is 0.649. The van der Waals surface area contributed by atoms with Gasteiger partial charge in [-0.1, -0.05) is 6.42 Å². The van der Waals surface area contributed by atoms with E-state index in [0.29, 0.717) is 13.0 Å². The van der Waals surface area contributed by atoms with E-state index >= 15 is 0 Å². The van der Waals surface area contributed by atoms with Crippen LogP contribution in [0.3, 0.4) is 0 Å². The third-order valence-electron chi connectivity index (χ3n) is 2.96. The SMILES string of the molecule is COCC1(CCC(C)(F)F)CCC1. The molecule has 1 fully saturated rings. The number of alkyl halides is 2. The van der Waals surface area contributed by atoms with E-state index in [-0.39, 0.29) is 11.8 Å². The topological polar surface area (TPSA) is 9.23 Å². The highest BCUT2D eigenvalue weighted by molar-refractivity contribution is 4.88. The fourth-order valence-electron chi connectivity index (χ4n) is 1.93. The summed E-state index contributed by atoms with van der Waals surface area (Å²) in [5.41, 5.74) is 0.0776. The summed E-state index contributed by atoms with van der Waals surface area (Å²) in [6, 6.07) is 0. The zero-order chi connectivity index (χ0) is 9.95. The Morgan fingerprint density at radius 1 is 1.38 bits per heavy atom. The Hall–Kier alpha value is -0.180. The highest BCUT2D eigenvalue weighted by atomic mass is 19.3. The summed E-state index contributed by atoms with van der Waals surface area (Å²) >= 11 is 0. The lowest BCUT2D eigenvalue weighted by Gasteiger charge is -2.42. The van der Waals surface area contributed by atoms with E-state index in [9.17, 15) is 8.78 Å². The molecule has 0 amide bonds. The Morgan fingerprint density at radius 2 is 2.00 bits per heavy atom. The number of methoxy groups -OCH3 is 1. The maximum absolute atomic E-state index is 12.6. The van der Waals surface area contributed by atoms with Crippen LogP contribution in [-0.2, 0) is 4.74 Å². The number of ether oxygens (including phenoxy) is 1. The third-order valence-corrected chi connectivity index (χ3v) is 2.96. The van der Waals surface area contributed by atoms with Crippen molar-refractivity contribution in [3.8, 4) is 0 Å². The van der Waals surface area contributed by atoms with Crippen molar-refractivity contribution in [3.05, 3.63) is 0 Å². The van der Waals surface area contributed by atoms with E-state index in [1.165, 1.54) is 6.42 Å². The zero-order valence-corrected chi connectivity index (χ0v) is 8.41. The van der Waals surface area contributed by atoms with Crippen molar-refractivity contribution in [2.45, 2.75) is 45.0 Å². The van der Waals surface area contributed by atoms with Gasteiger partial charge < -0.3 is 4.74 Å². The molecule has 0 unspecified atom stereocenters. The summed E-state index contributed by atoms with van der Waals surface area (Å²) in [6.07, 6.45) is 3.87. The van der Waals surface area contributed by atoms with Crippen LogP contribution in [-0.4, -0.2) is 19.6 Å². The van der Waals surface area contributed by atoms with Gasteiger partial charge in [-0.2, -0.15) is 0 Å². The van der Waals surface area contributed by atoms with Crippen LogP contribution in [0, 0.1) is 5.41 Å². The van der Waals surface area contributed by atoms with Crippen molar-refractivity contribution in [3.63, 3.8) is 0 Å². The molecule has 0 aliphatic heterocycles. The molecular formula is C10H18F2O. The third kappa shape index (κ3) is 3.22. The second kappa shape index (κ2) is 3.91. The average molecular weight is 192 g/mol. The van der Waals surface area contributed by atoms with Gasteiger partial charge in [-0.15, -0.1) is 0 Å². The van der Waals surface area contributed by atoms with Gasteiger partial charge in [0.05, 0.1) is 6.61 Å². The lowest BCUT2D eigenvalue weighted by Crippen LogP contribution is -2.35. The Labute approximate surface area is 78.5 Å². The van der Waals surface area contributed by atoms with Crippen molar-refractivity contribution < 1.29 is 13.5 Å². The van der Waals surface area contributed by atoms with Crippen LogP contribution >= 0.6 is 0 Å². The summed E-state index contributed by atoms with van der Waals surface area (Å²) in [4.78, 5) is 0. The van der Waals surface area contributed by atoms with Crippen molar-refractivity contribution in [1.82, 2.24) is 0 Å². The molecule has 0 aromatic heterocycles. The van der Waals surface area contributed by atoms with Gasteiger partial charge in [0, 0.05) is 13.5 Å². The van der Waals surface area contributed by atoms with Crippen molar-refractivity contribution >= 4 is 0 Å². The Morgan fingerprint density at radius 3 is 2.31 bits per heavy atom. The second-order valence-corrected chi connectivity index (χ2v) is 4.36. The maximum atomic E-state index is 12.6. The fourth-order valence-corrected chi connectivity index (χ4v) is 1.93. The van der Waals surface area contributed by atoms with Gasteiger partial charge in [-0.3, -0.25) is 0 Å². The van der Waals surface area contributed by atoms with Crippen LogP contribution in [0.25, 0.3) is 0 Å². The van der Waals surface area contributed by atoms with Gasteiger partial charge >= 0.3 is 0 Å². The van der Waals surface area contributed by atoms with Gasteiger partial charge in [0.2, 0.25) is 5.92 Å². The molecule has 78 valence electrons. The molecule has 13 heavy (non-hydrogen) atoms. The van der Waals surface area contributed by atoms with Crippen LogP contribution in [0.4, 0.5) is 8.78 Å². The van der Waals surface area contributed by atoms with E-state index in [2.05, 4.69) is 0 Å². The molecule has 1 aliphatic rings. The van der Waals surface area contributed by atoms with Crippen molar-refractivity contribution in [2.75, 3.05) is 13.7 Å². The standard InChI is InChI=1S/C10H18F2O/c1-9(11,12)6-7-10(8-13-2)4-3-5-10/h3-8H2,1-2H3. The first-order valence-electron chi connectivity index (χ1n) is 4.84. The van der Waals surface area contributed by atoms with Crippen molar-refractivity contribution in [2.24, 2.45) is 5.41 Å². The Bertz CT molecular complexity index is 159. The van der Waals surface area contributed by atoms with Crippen molar-refractivity contribution in [1.29, 1.82) is 0 Å². The Kier molecular flexibility index (Phi) is 3.28. The average Bonchev–Trinajstić information content (AvgIpc) is 1.92. The highest BCUT2D eigenvalue weighted by Gasteiger charge is 2.38. The summed E-state index contributed by atoms with van der Waals surface area (Å²) in [6.45, 7) is 1.63. The first kappa shape index (κ1) is 10.9. The summed E-state index contributed by atoms with van der Waals surface area (Å²) < 4.78 is 30.3. The minimum Gasteiger partial charge on any atom is -0.384 e. The first-order valence-corrected chi connectivity index (χ1v) is 4.84. The lowest BCUT2D eigenvalue weighted by molar-refractivity contribution is -0.0384. The predicted octanol–water partition coefficient (Wildman–Crippen LogP) is 3.24. The van der Waals surface area contributed by atoms with Crippen LogP contribution in [0.15, 0.2) is 0 Å². The van der Waals surface area contributed by atoms with Gasteiger partial charge in [-0.05, 0) is 31.6 Å². The Balaban J connectivity index is 2.32. The second-order valence-electron chi connectivity index (χ2n) is 4.36. The molecule has 3 heteroatoms. The molecule has 0 radical (unpaired) electrons. The molecule has 0 spiro atoms. The van der Waals surface area contributed by atoms with Crippen LogP contribution in [0.1, 0.15) is 39.0 Å². The molecule has 0 heterocycles. The molecule has 0 aromatic carbocycles. The molecule has 0 aromatic rings. The summed E-state index contributed by atoms with van der Waals surface area (Å²) in [7, 11) is 1.64. The van der Waals surface area contributed by atoms with E-state index in [0.717, 1.165) is 19.8 Å². The molecule has 0 bridgehead atoms. The number of hydrogen-bond acceptors (Lipinski definition) is 1. The minimum absolute atomic E-state index is 0.00361. The van der Waals surface area contributed by atoms with E-state index in [4.69, 9.17) is 4.74 Å². The fraction of sp³-hybridized carbons (Fsp3) is 1.00. The summed E-state index contributed by atoms with van der Waals surface area (Å²) in [5, 5.41) is 0. The van der Waals surface area contributed by atoms with Gasteiger partial charge in [0.15, 0.2) is 0 Å². The number of rotatable bonds is 5. The molecular weight excluding hydrogens is 174 g/mol. The van der Waals surface area contributed by atoms with E-state index in [1.54, 1.807) is 7.11 Å². The predicted molar refractivity (Wildman–Crippen MR) is 48.0 cm³/mol. The van der Waals surface area contributed by atoms with E-state index < -0.39 is 5.92 Å². The molecule has 1 nitrogen and oxygen atoms in total.